The number of hydrogen-bond donors (Lipinski definition) is 3. The average molecular weight is 273 g/mol. The molecular weight excluding hydrogens is 254 g/mol. The van der Waals surface area contributed by atoms with Gasteiger partial charge >= 0.3 is 0 Å². The zero-order valence-corrected chi connectivity index (χ0v) is 11.1. The molecule has 0 amide bonds. The van der Waals surface area contributed by atoms with Gasteiger partial charge in [-0.1, -0.05) is 24.3 Å². The van der Waals surface area contributed by atoms with Crippen molar-refractivity contribution in [1.82, 2.24) is 0 Å². The van der Waals surface area contributed by atoms with Gasteiger partial charge in [-0.25, -0.2) is 8.42 Å². The molecule has 0 saturated carbocycles. The number of aliphatic hydroxyl groups excluding tert-OH is 2. The first kappa shape index (κ1) is 15.1. The Morgan fingerprint density at radius 2 is 1.89 bits per heavy atom. The van der Waals surface area contributed by atoms with E-state index in [1.807, 2.05) is 0 Å². The van der Waals surface area contributed by atoms with E-state index in [2.05, 4.69) is 0 Å². The van der Waals surface area contributed by atoms with Crippen molar-refractivity contribution in [3.8, 4) is 0 Å². The molecule has 0 spiro atoms. The smallest absolute Gasteiger partial charge is 0.151 e. The first-order valence-corrected chi connectivity index (χ1v) is 7.73. The highest BCUT2D eigenvalue weighted by molar-refractivity contribution is 7.89. The Labute approximate surface area is 107 Å². The third-order valence-electron chi connectivity index (χ3n) is 2.62. The van der Waals surface area contributed by atoms with Crippen molar-refractivity contribution in [2.75, 3.05) is 12.8 Å². The molecule has 0 aliphatic heterocycles. The molecule has 4 N–H and O–H groups in total. The summed E-state index contributed by atoms with van der Waals surface area (Å²) >= 11 is 0. The largest absolute Gasteiger partial charge is 0.390 e. The molecule has 0 radical (unpaired) electrons. The van der Waals surface area contributed by atoms with Crippen LogP contribution in [-0.2, 0) is 15.6 Å². The summed E-state index contributed by atoms with van der Waals surface area (Å²) in [5.74, 6) is -0.157. The molecule has 1 aromatic rings. The number of benzene rings is 1. The van der Waals surface area contributed by atoms with E-state index in [0.29, 0.717) is 11.1 Å². The summed E-state index contributed by atoms with van der Waals surface area (Å²) < 4.78 is 22.6. The van der Waals surface area contributed by atoms with Crippen LogP contribution in [0.5, 0.6) is 0 Å². The minimum Gasteiger partial charge on any atom is -0.390 e. The van der Waals surface area contributed by atoms with Gasteiger partial charge in [-0.15, -0.1) is 0 Å². The number of sulfone groups is 1. The van der Waals surface area contributed by atoms with Gasteiger partial charge in [0.1, 0.15) is 6.10 Å². The standard InChI is InChI=1S/C12H19NO4S/c1-18(16,17)8-9-4-2-3-5-10(9)12(15)11(14)6-7-13/h2-5,11-12,14-15H,6-8,13H2,1H3. The molecule has 0 fully saturated rings. The molecule has 0 saturated heterocycles. The SMILES string of the molecule is CS(=O)(=O)Cc1ccccc1C(O)C(O)CCN. The van der Waals surface area contributed by atoms with Gasteiger partial charge in [0.2, 0.25) is 0 Å². The van der Waals surface area contributed by atoms with Crippen molar-refractivity contribution in [2.24, 2.45) is 5.73 Å². The first-order chi connectivity index (χ1) is 8.35. The number of nitrogens with two attached hydrogens (primary N) is 1. The number of rotatable bonds is 6. The van der Waals surface area contributed by atoms with E-state index in [4.69, 9.17) is 5.73 Å². The number of hydrogen-bond acceptors (Lipinski definition) is 5. The van der Waals surface area contributed by atoms with Gasteiger partial charge in [-0.05, 0) is 24.1 Å². The Morgan fingerprint density at radius 3 is 2.44 bits per heavy atom. The quantitative estimate of drug-likeness (QED) is 0.676. The fraction of sp³-hybridized carbons (Fsp3) is 0.500. The molecule has 1 rings (SSSR count). The van der Waals surface area contributed by atoms with Crippen LogP contribution in [0, 0.1) is 0 Å². The lowest BCUT2D eigenvalue weighted by Crippen LogP contribution is -2.23. The van der Waals surface area contributed by atoms with Crippen LogP contribution < -0.4 is 5.73 Å². The van der Waals surface area contributed by atoms with Gasteiger partial charge in [0, 0.05) is 6.26 Å². The summed E-state index contributed by atoms with van der Waals surface area (Å²) in [5, 5.41) is 19.7. The van der Waals surface area contributed by atoms with E-state index in [0.717, 1.165) is 6.26 Å². The van der Waals surface area contributed by atoms with E-state index in [1.54, 1.807) is 24.3 Å². The summed E-state index contributed by atoms with van der Waals surface area (Å²) in [6.45, 7) is 0.256. The first-order valence-electron chi connectivity index (χ1n) is 5.67. The second-order valence-corrected chi connectivity index (χ2v) is 6.50. The van der Waals surface area contributed by atoms with Crippen molar-refractivity contribution in [3.63, 3.8) is 0 Å². The minimum atomic E-state index is -3.19. The highest BCUT2D eigenvalue weighted by Crippen LogP contribution is 2.23. The van der Waals surface area contributed by atoms with Gasteiger partial charge in [0.05, 0.1) is 11.9 Å². The monoisotopic (exact) mass is 273 g/mol. The second kappa shape index (κ2) is 6.29. The van der Waals surface area contributed by atoms with Gasteiger partial charge in [-0.3, -0.25) is 0 Å². The predicted octanol–water partition coefficient (Wildman–Crippen LogP) is -0.0257. The maximum Gasteiger partial charge on any atom is 0.151 e. The molecule has 0 heterocycles. The third kappa shape index (κ3) is 4.38. The maximum absolute atomic E-state index is 11.3. The summed E-state index contributed by atoms with van der Waals surface area (Å²) in [6, 6.07) is 6.64. The van der Waals surface area contributed by atoms with E-state index in [-0.39, 0.29) is 18.7 Å². The Hall–Kier alpha value is -0.950. The maximum atomic E-state index is 11.3. The minimum absolute atomic E-state index is 0.157. The van der Waals surface area contributed by atoms with E-state index >= 15 is 0 Å². The molecule has 0 aliphatic carbocycles. The summed E-state index contributed by atoms with van der Waals surface area (Å²) in [7, 11) is -3.19. The second-order valence-electron chi connectivity index (χ2n) is 4.36. The van der Waals surface area contributed by atoms with Crippen LogP contribution in [0.25, 0.3) is 0 Å². The predicted molar refractivity (Wildman–Crippen MR) is 69.6 cm³/mol. The van der Waals surface area contributed by atoms with Crippen LogP contribution >= 0.6 is 0 Å². The molecule has 1 aromatic carbocycles. The molecule has 0 bridgehead atoms. The van der Waals surface area contributed by atoms with Crippen molar-refractivity contribution >= 4 is 9.84 Å². The van der Waals surface area contributed by atoms with Gasteiger partial charge in [0.15, 0.2) is 9.84 Å². The summed E-state index contributed by atoms with van der Waals surface area (Å²) in [5.41, 5.74) is 6.26. The van der Waals surface area contributed by atoms with Crippen LogP contribution in [0.2, 0.25) is 0 Å². The number of aliphatic hydroxyl groups is 2. The zero-order chi connectivity index (χ0) is 13.8. The van der Waals surface area contributed by atoms with E-state index in [1.165, 1.54) is 0 Å². The zero-order valence-electron chi connectivity index (χ0n) is 10.3. The summed E-state index contributed by atoms with van der Waals surface area (Å²) in [4.78, 5) is 0. The highest BCUT2D eigenvalue weighted by atomic mass is 32.2. The van der Waals surface area contributed by atoms with Crippen LogP contribution in [-0.4, -0.2) is 37.5 Å². The van der Waals surface area contributed by atoms with Gasteiger partial charge in [0.25, 0.3) is 0 Å². The van der Waals surface area contributed by atoms with Crippen molar-refractivity contribution in [3.05, 3.63) is 35.4 Å². The molecule has 2 unspecified atom stereocenters. The molecule has 18 heavy (non-hydrogen) atoms. The highest BCUT2D eigenvalue weighted by Gasteiger charge is 2.21. The summed E-state index contributed by atoms with van der Waals surface area (Å²) in [6.07, 6.45) is -0.719. The molecule has 0 aliphatic rings. The molecule has 6 heteroatoms. The van der Waals surface area contributed by atoms with Crippen LogP contribution in [0.15, 0.2) is 24.3 Å². The molecule has 2 atom stereocenters. The van der Waals surface area contributed by atoms with E-state index in [9.17, 15) is 18.6 Å². The van der Waals surface area contributed by atoms with Crippen molar-refractivity contribution in [2.45, 2.75) is 24.4 Å². The van der Waals surface area contributed by atoms with Crippen LogP contribution in [0.1, 0.15) is 23.7 Å². The lowest BCUT2D eigenvalue weighted by molar-refractivity contribution is 0.0146. The van der Waals surface area contributed by atoms with Gasteiger partial charge in [-0.2, -0.15) is 0 Å². The molecule has 0 aromatic heterocycles. The third-order valence-corrected chi connectivity index (χ3v) is 3.45. The molecular formula is C12H19NO4S. The van der Waals surface area contributed by atoms with Gasteiger partial charge < -0.3 is 15.9 Å². The van der Waals surface area contributed by atoms with Crippen LogP contribution in [0.3, 0.4) is 0 Å². The normalized spacial score (nSPS) is 15.3. The van der Waals surface area contributed by atoms with Crippen LogP contribution in [0.4, 0.5) is 0 Å². The average Bonchev–Trinajstić information content (AvgIpc) is 2.27. The topological polar surface area (TPSA) is 101 Å². The molecule has 102 valence electrons. The van der Waals surface area contributed by atoms with E-state index < -0.39 is 22.0 Å². The fourth-order valence-corrected chi connectivity index (χ4v) is 2.60. The lowest BCUT2D eigenvalue weighted by atomic mass is 9.98. The van der Waals surface area contributed by atoms with Crippen molar-refractivity contribution < 1.29 is 18.6 Å². The van der Waals surface area contributed by atoms with Crippen molar-refractivity contribution in [1.29, 1.82) is 0 Å². The Kier molecular flexibility index (Phi) is 5.28. The fourth-order valence-electron chi connectivity index (χ4n) is 1.77. The Bertz CT molecular complexity index is 487. The molecule has 5 nitrogen and oxygen atoms in total. The Balaban J connectivity index is 3.01. The Morgan fingerprint density at radius 1 is 1.28 bits per heavy atom. The lowest BCUT2D eigenvalue weighted by Gasteiger charge is -2.20.